The number of nitrogens with zero attached hydrogens (tertiary/aromatic N) is 4. The lowest BCUT2D eigenvalue weighted by atomic mass is 10.1. The van der Waals surface area contributed by atoms with Crippen LogP contribution in [0.4, 0.5) is 5.82 Å². The van der Waals surface area contributed by atoms with Crippen LogP contribution in [0.3, 0.4) is 0 Å². The lowest BCUT2D eigenvalue weighted by molar-refractivity contribution is 0.113. The first kappa shape index (κ1) is 14.2. The van der Waals surface area contributed by atoms with E-state index >= 15 is 0 Å². The van der Waals surface area contributed by atoms with Gasteiger partial charge in [0.2, 0.25) is 0 Å². The molecule has 1 aliphatic rings. The van der Waals surface area contributed by atoms with Crippen molar-refractivity contribution in [2.75, 3.05) is 46.1 Å². The molecule has 1 N–H and O–H groups in total. The Hall–Kier alpha value is -1.20. The molecule has 1 unspecified atom stereocenters. The molecule has 1 atom stereocenters. The highest BCUT2D eigenvalue weighted by Gasteiger charge is 2.23. The third kappa shape index (κ3) is 3.64. The normalized spacial score (nSPS) is 21.6. The molecule has 1 aliphatic heterocycles. The monoisotopic (exact) mass is 263 g/mol. The highest BCUT2D eigenvalue weighted by Crippen LogP contribution is 2.13. The van der Waals surface area contributed by atoms with Crippen molar-refractivity contribution in [1.29, 1.82) is 0 Å². The molecule has 0 spiro atoms. The van der Waals surface area contributed by atoms with E-state index in [0.29, 0.717) is 6.04 Å². The molecule has 1 aromatic rings. The number of hydrogen-bond donors (Lipinski definition) is 1. The van der Waals surface area contributed by atoms with E-state index < -0.39 is 0 Å². The smallest absolute Gasteiger partial charge is 0.132 e. The lowest BCUT2D eigenvalue weighted by Gasteiger charge is -2.37. The molecule has 0 bridgehead atoms. The van der Waals surface area contributed by atoms with E-state index in [-0.39, 0.29) is 0 Å². The Balaban J connectivity index is 2.13. The Morgan fingerprint density at radius 1 is 1.32 bits per heavy atom. The minimum atomic E-state index is 0.510. The van der Waals surface area contributed by atoms with Crippen molar-refractivity contribution in [2.45, 2.75) is 25.8 Å². The van der Waals surface area contributed by atoms with Gasteiger partial charge in [0, 0.05) is 50.9 Å². The molecule has 19 heavy (non-hydrogen) atoms. The van der Waals surface area contributed by atoms with E-state index in [9.17, 15) is 0 Å². The Morgan fingerprint density at radius 2 is 2.11 bits per heavy atom. The highest BCUT2D eigenvalue weighted by atomic mass is 15.3. The summed E-state index contributed by atoms with van der Waals surface area (Å²) in [4.78, 5) is 14.0. The number of anilines is 1. The van der Waals surface area contributed by atoms with E-state index in [2.05, 4.69) is 46.1 Å². The Bertz CT molecular complexity index is 398. The van der Waals surface area contributed by atoms with E-state index in [1.807, 2.05) is 13.1 Å². The molecular formula is C14H25N5. The molecule has 2 heterocycles. The van der Waals surface area contributed by atoms with Crippen molar-refractivity contribution in [3.05, 3.63) is 17.6 Å². The van der Waals surface area contributed by atoms with Crippen LogP contribution in [0.5, 0.6) is 0 Å². The fourth-order valence-electron chi connectivity index (χ4n) is 2.49. The van der Waals surface area contributed by atoms with Gasteiger partial charge >= 0.3 is 0 Å². The molecule has 5 heteroatoms. The molecular weight excluding hydrogens is 238 g/mol. The third-order valence-electron chi connectivity index (χ3n) is 3.84. The Morgan fingerprint density at radius 3 is 2.79 bits per heavy atom. The number of aromatic nitrogens is 2. The molecule has 0 amide bonds. The summed E-state index contributed by atoms with van der Waals surface area (Å²) in [6.45, 7) is 5.48. The van der Waals surface area contributed by atoms with Crippen LogP contribution in [0.2, 0.25) is 0 Å². The molecule has 0 aromatic carbocycles. The van der Waals surface area contributed by atoms with Crippen LogP contribution in [-0.2, 0) is 12.8 Å². The standard InChI is InChI=1S/C14H25N5/c1-5-11-8-13(15-2)17-14(16-11)9-12-10-18(3)6-7-19(12)4/h8,12H,5-7,9-10H2,1-4H3,(H,15,16,17). The summed E-state index contributed by atoms with van der Waals surface area (Å²) < 4.78 is 0. The Kier molecular flexibility index (Phi) is 4.71. The molecule has 106 valence electrons. The number of nitrogens with one attached hydrogen (secondary N) is 1. The first-order chi connectivity index (χ1) is 9.12. The Labute approximate surface area is 116 Å². The van der Waals surface area contributed by atoms with Crippen molar-refractivity contribution in [1.82, 2.24) is 19.8 Å². The molecule has 1 fully saturated rings. The van der Waals surface area contributed by atoms with E-state index in [0.717, 1.165) is 49.8 Å². The maximum absolute atomic E-state index is 4.66. The van der Waals surface area contributed by atoms with Gasteiger partial charge in [0.25, 0.3) is 0 Å². The van der Waals surface area contributed by atoms with Gasteiger partial charge in [-0.2, -0.15) is 0 Å². The van der Waals surface area contributed by atoms with E-state index in [1.54, 1.807) is 0 Å². The van der Waals surface area contributed by atoms with Gasteiger partial charge in [-0.25, -0.2) is 9.97 Å². The van der Waals surface area contributed by atoms with Crippen molar-refractivity contribution in [3.8, 4) is 0 Å². The highest BCUT2D eigenvalue weighted by molar-refractivity contribution is 5.35. The van der Waals surface area contributed by atoms with Crippen LogP contribution in [0.1, 0.15) is 18.4 Å². The van der Waals surface area contributed by atoms with E-state index in [1.165, 1.54) is 0 Å². The summed E-state index contributed by atoms with van der Waals surface area (Å²) in [5.41, 5.74) is 1.11. The van der Waals surface area contributed by atoms with Gasteiger partial charge in [0.05, 0.1) is 0 Å². The minimum absolute atomic E-state index is 0.510. The summed E-state index contributed by atoms with van der Waals surface area (Å²) >= 11 is 0. The largest absolute Gasteiger partial charge is 0.373 e. The number of aryl methyl sites for hydroxylation is 1. The predicted octanol–water partition coefficient (Wildman–Crippen LogP) is 0.869. The third-order valence-corrected chi connectivity index (χ3v) is 3.84. The van der Waals surface area contributed by atoms with Gasteiger partial charge in [-0.1, -0.05) is 6.92 Å². The van der Waals surface area contributed by atoms with Gasteiger partial charge in [0.15, 0.2) is 0 Å². The van der Waals surface area contributed by atoms with Gasteiger partial charge in [0.1, 0.15) is 11.6 Å². The second-order valence-electron chi connectivity index (χ2n) is 5.37. The zero-order chi connectivity index (χ0) is 13.8. The van der Waals surface area contributed by atoms with Crippen molar-refractivity contribution in [2.24, 2.45) is 0 Å². The first-order valence-electron chi connectivity index (χ1n) is 7.05. The maximum Gasteiger partial charge on any atom is 0.132 e. The second kappa shape index (κ2) is 6.30. The summed E-state index contributed by atoms with van der Waals surface area (Å²) in [6.07, 6.45) is 1.87. The topological polar surface area (TPSA) is 44.3 Å². The molecule has 5 nitrogen and oxygen atoms in total. The summed E-state index contributed by atoms with van der Waals surface area (Å²) in [5.74, 6) is 1.88. The number of rotatable bonds is 4. The quantitative estimate of drug-likeness (QED) is 0.873. The van der Waals surface area contributed by atoms with Crippen LogP contribution in [-0.4, -0.2) is 66.6 Å². The van der Waals surface area contributed by atoms with Crippen molar-refractivity contribution >= 4 is 5.82 Å². The summed E-state index contributed by atoms with van der Waals surface area (Å²) in [5, 5.41) is 3.12. The van der Waals surface area contributed by atoms with Crippen LogP contribution >= 0.6 is 0 Å². The molecule has 0 saturated carbocycles. The fraction of sp³-hybridized carbons (Fsp3) is 0.714. The number of piperazine rings is 1. The fourth-order valence-corrected chi connectivity index (χ4v) is 2.49. The molecule has 1 aromatic heterocycles. The molecule has 2 rings (SSSR count). The number of hydrogen-bond acceptors (Lipinski definition) is 5. The van der Waals surface area contributed by atoms with Gasteiger partial charge in [-0.05, 0) is 20.5 Å². The van der Waals surface area contributed by atoms with Gasteiger partial charge in [-0.3, -0.25) is 0 Å². The zero-order valence-electron chi connectivity index (χ0n) is 12.5. The molecule has 0 radical (unpaired) electrons. The average Bonchev–Trinajstić information content (AvgIpc) is 2.42. The number of likely N-dealkylation sites (N-methyl/N-ethyl adjacent to an activating group) is 2. The predicted molar refractivity (Wildman–Crippen MR) is 78.6 cm³/mol. The van der Waals surface area contributed by atoms with Gasteiger partial charge in [-0.15, -0.1) is 0 Å². The van der Waals surface area contributed by atoms with Crippen LogP contribution in [0, 0.1) is 0 Å². The van der Waals surface area contributed by atoms with Crippen LogP contribution in [0.25, 0.3) is 0 Å². The zero-order valence-corrected chi connectivity index (χ0v) is 12.5. The maximum atomic E-state index is 4.66. The second-order valence-corrected chi connectivity index (χ2v) is 5.37. The molecule has 1 saturated heterocycles. The van der Waals surface area contributed by atoms with Crippen LogP contribution < -0.4 is 5.32 Å². The van der Waals surface area contributed by atoms with Crippen molar-refractivity contribution < 1.29 is 0 Å². The molecule has 0 aliphatic carbocycles. The first-order valence-corrected chi connectivity index (χ1v) is 7.05. The summed E-state index contributed by atoms with van der Waals surface area (Å²) in [6, 6.07) is 2.54. The van der Waals surface area contributed by atoms with Crippen LogP contribution in [0.15, 0.2) is 6.07 Å². The van der Waals surface area contributed by atoms with Gasteiger partial charge < -0.3 is 15.1 Å². The van der Waals surface area contributed by atoms with Crippen molar-refractivity contribution in [3.63, 3.8) is 0 Å². The average molecular weight is 263 g/mol. The van der Waals surface area contributed by atoms with E-state index in [4.69, 9.17) is 0 Å². The SMILES string of the molecule is CCc1cc(NC)nc(CC2CN(C)CCN2C)n1. The summed E-state index contributed by atoms with van der Waals surface area (Å²) in [7, 11) is 6.29. The lowest BCUT2D eigenvalue weighted by Crippen LogP contribution is -2.51. The minimum Gasteiger partial charge on any atom is -0.373 e.